The first-order valence-electron chi connectivity index (χ1n) is 6.27. The second-order valence-corrected chi connectivity index (χ2v) is 6.24. The molecule has 0 bridgehead atoms. The Labute approximate surface area is 113 Å². The molecule has 1 nitrogen and oxygen atoms in total. The van der Waals surface area contributed by atoms with E-state index in [1.807, 2.05) is 54.6 Å². The van der Waals surface area contributed by atoms with E-state index >= 15 is 0 Å². The van der Waals surface area contributed by atoms with Gasteiger partial charge in [0.2, 0.25) is 0 Å². The van der Waals surface area contributed by atoms with Crippen LogP contribution in [0.15, 0.2) is 66.7 Å². The largest absolute Gasteiger partial charge is 0.415 e. The van der Waals surface area contributed by atoms with Crippen molar-refractivity contribution in [3.05, 3.63) is 72.3 Å². The third-order valence-corrected chi connectivity index (χ3v) is 4.77. The summed E-state index contributed by atoms with van der Waals surface area (Å²) < 4.78 is 12.6. The lowest BCUT2D eigenvalue weighted by molar-refractivity contribution is 0.598. The molecular formula is C17H14OP+. The van der Waals surface area contributed by atoms with E-state index in [1.165, 1.54) is 10.9 Å². The zero-order chi connectivity index (χ0) is 13.2. The molecule has 0 radical (unpaired) electrons. The van der Waals surface area contributed by atoms with E-state index in [1.54, 1.807) is 0 Å². The molecule has 0 saturated carbocycles. The van der Waals surface area contributed by atoms with Crippen LogP contribution >= 0.6 is 7.80 Å². The number of rotatable bonds is 2. The second-order valence-electron chi connectivity index (χ2n) is 4.61. The summed E-state index contributed by atoms with van der Waals surface area (Å²) in [6.07, 6.45) is 0. The van der Waals surface area contributed by atoms with Gasteiger partial charge in [0, 0.05) is 0 Å². The fourth-order valence-electron chi connectivity index (χ4n) is 2.31. The minimum Gasteiger partial charge on any atom is -0.0619 e. The summed E-state index contributed by atoms with van der Waals surface area (Å²) in [7, 11) is -1.51. The van der Waals surface area contributed by atoms with Crippen molar-refractivity contribution in [2.45, 2.75) is 6.92 Å². The van der Waals surface area contributed by atoms with Crippen LogP contribution in [0, 0.1) is 6.92 Å². The van der Waals surface area contributed by atoms with Crippen LogP contribution in [0.1, 0.15) is 5.56 Å². The maximum atomic E-state index is 12.6. The van der Waals surface area contributed by atoms with Gasteiger partial charge in [-0.2, -0.15) is 0 Å². The number of hydrogen-bond donors (Lipinski definition) is 0. The summed E-state index contributed by atoms with van der Waals surface area (Å²) in [5.74, 6) is 0. The van der Waals surface area contributed by atoms with Gasteiger partial charge in [-0.1, -0.05) is 47.0 Å². The summed E-state index contributed by atoms with van der Waals surface area (Å²) in [4.78, 5) is 0. The average Bonchev–Trinajstić information content (AvgIpc) is 2.47. The molecule has 0 amide bonds. The molecule has 0 saturated heterocycles. The molecule has 1 atom stereocenters. The van der Waals surface area contributed by atoms with E-state index in [4.69, 9.17) is 0 Å². The zero-order valence-corrected chi connectivity index (χ0v) is 11.6. The van der Waals surface area contributed by atoms with Gasteiger partial charge < -0.3 is 0 Å². The summed E-state index contributed by atoms with van der Waals surface area (Å²) in [5, 5.41) is 4.16. The molecule has 2 heteroatoms. The monoisotopic (exact) mass is 265 g/mol. The summed E-state index contributed by atoms with van der Waals surface area (Å²) in [6, 6.07) is 21.9. The van der Waals surface area contributed by atoms with Crippen molar-refractivity contribution < 1.29 is 4.57 Å². The van der Waals surface area contributed by atoms with Crippen LogP contribution in [0.5, 0.6) is 0 Å². The van der Waals surface area contributed by atoms with Crippen LogP contribution in [-0.2, 0) is 4.57 Å². The van der Waals surface area contributed by atoms with Crippen LogP contribution in [-0.4, -0.2) is 0 Å². The lowest BCUT2D eigenvalue weighted by atomic mass is 10.1. The first-order valence-corrected chi connectivity index (χ1v) is 7.53. The molecule has 3 rings (SSSR count). The molecule has 0 aliphatic rings. The van der Waals surface area contributed by atoms with Gasteiger partial charge in [0.1, 0.15) is 0 Å². The smallest absolute Gasteiger partial charge is 0.0619 e. The van der Waals surface area contributed by atoms with Crippen LogP contribution in [0.3, 0.4) is 0 Å². The normalized spacial score (nSPS) is 11.5. The van der Waals surface area contributed by atoms with Crippen LogP contribution in [0.4, 0.5) is 0 Å². The second kappa shape index (κ2) is 4.95. The highest BCUT2D eigenvalue weighted by Crippen LogP contribution is 2.24. The van der Waals surface area contributed by atoms with Gasteiger partial charge in [0.15, 0.2) is 10.6 Å². The van der Waals surface area contributed by atoms with Gasteiger partial charge in [-0.15, -0.1) is 0 Å². The van der Waals surface area contributed by atoms with Crippen molar-refractivity contribution in [2.24, 2.45) is 0 Å². The Kier molecular flexibility index (Phi) is 3.15. The molecule has 0 heterocycles. The van der Waals surface area contributed by atoms with Crippen LogP contribution in [0.2, 0.25) is 0 Å². The van der Waals surface area contributed by atoms with Gasteiger partial charge in [-0.05, 0) is 47.5 Å². The van der Waals surface area contributed by atoms with Gasteiger partial charge in [-0.25, -0.2) is 0 Å². The topological polar surface area (TPSA) is 17.1 Å². The quantitative estimate of drug-likeness (QED) is 0.642. The third kappa shape index (κ3) is 2.30. The maximum Gasteiger partial charge on any atom is 0.415 e. The highest BCUT2D eigenvalue weighted by atomic mass is 31.1. The third-order valence-electron chi connectivity index (χ3n) is 3.28. The fourth-order valence-corrected chi connectivity index (χ4v) is 3.62. The number of hydrogen-bond acceptors (Lipinski definition) is 1. The molecule has 19 heavy (non-hydrogen) atoms. The molecule has 0 spiro atoms. The van der Waals surface area contributed by atoms with Crippen molar-refractivity contribution in [3.8, 4) is 0 Å². The van der Waals surface area contributed by atoms with E-state index < -0.39 is 7.80 Å². The maximum absolute atomic E-state index is 12.6. The van der Waals surface area contributed by atoms with Crippen molar-refractivity contribution in [1.82, 2.24) is 0 Å². The van der Waals surface area contributed by atoms with Gasteiger partial charge >= 0.3 is 7.80 Å². The van der Waals surface area contributed by atoms with Crippen LogP contribution < -0.4 is 10.6 Å². The van der Waals surface area contributed by atoms with Gasteiger partial charge in [0.25, 0.3) is 0 Å². The Bertz CT molecular complexity index is 748. The van der Waals surface area contributed by atoms with Gasteiger partial charge in [0.05, 0.1) is 0 Å². The summed E-state index contributed by atoms with van der Waals surface area (Å²) in [5.41, 5.74) is 1.17. The van der Waals surface area contributed by atoms with E-state index in [0.29, 0.717) is 0 Å². The van der Waals surface area contributed by atoms with Gasteiger partial charge in [-0.3, -0.25) is 0 Å². The highest BCUT2D eigenvalue weighted by Gasteiger charge is 2.23. The number of fused-ring (bicyclic) bond motifs is 1. The summed E-state index contributed by atoms with van der Waals surface area (Å²) in [6.45, 7) is 2.07. The Hall–Kier alpha value is -1.98. The molecule has 3 aromatic carbocycles. The molecule has 0 fully saturated rings. The molecule has 3 aromatic rings. The highest BCUT2D eigenvalue weighted by molar-refractivity contribution is 7.61. The first-order chi connectivity index (χ1) is 9.25. The van der Waals surface area contributed by atoms with Crippen molar-refractivity contribution >= 4 is 29.2 Å². The molecule has 92 valence electrons. The molecule has 1 unspecified atom stereocenters. The Morgan fingerprint density at radius 3 is 2.26 bits per heavy atom. The predicted octanol–water partition coefficient (Wildman–Crippen LogP) is 3.93. The molecule has 0 aliphatic carbocycles. The summed E-state index contributed by atoms with van der Waals surface area (Å²) >= 11 is 0. The van der Waals surface area contributed by atoms with Crippen molar-refractivity contribution in [3.63, 3.8) is 0 Å². The minimum absolute atomic E-state index is 0.882. The van der Waals surface area contributed by atoms with E-state index in [-0.39, 0.29) is 0 Å². The fraction of sp³-hybridized carbons (Fsp3) is 0.0588. The van der Waals surface area contributed by atoms with Crippen molar-refractivity contribution in [2.75, 3.05) is 0 Å². The number of benzene rings is 3. The lowest BCUT2D eigenvalue weighted by Gasteiger charge is -2.01. The van der Waals surface area contributed by atoms with Crippen molar-refractivity contribution in [1.29, 1.82) is 0 Å². The zero-order valence-electron chi connectivity index (χ0n) is 10.7. The first kappa shape index (κ1) is 12.1. The number of aryl methyl sites for hydroxylation is 1. The SMILES string of the molecule is Cc1cc([P+](=O)c2ccccc2)cc2ccccc12. The molecular weight excluding hydrogens is 251 g/mol. The Morgan fingerprint density at radius 1 is 0.789 bits per heavy atom. The lowest BCUT2D eigenvalue weighted by Crippen LogP contribution is -2.06. The molecule has 0 aromatic heterocycles. The van der Waals surface area contributed by atoms with E-state index in [9.17, 15) is 4.57 Å². The predicted molar refractivity (Wildman–Crippen MR) is 82.0 cm³/mol. The molecule has 0 aliphatic heterocycles. The minimum atomic E-state index is -1.51. The van der Waals surface area contributed by atoms with Crippen LogP contribution in [0.25, 0.3) is 10.8 Å². The molecule has 0 N–H and O–H groups in total. The standard InChI is InChI=1S/C17H14OP/c1-13-11-16(12-14-7-5-6-10-17(13)14)19(18)15-8-3-2-4-9-15/h2-12H,1H3/q+1. The van der Waals surface area contributed by atoms with E-state index in [2.05, 4.69) is 19.1 Å². The van der Waals surface area contributed by atoms with E-state index in [0.717, 1.165) is 16.0 Å². The average molecular weight is 265 g/mol. The Morgan fingerprint density at radius 2 is 1.47 bits per heavy atom. The Balaban J connectivity index is 2.14.